The largest absolute Gasteiger partial charge is 0.326 e. The molecule has 0 aliphatic heterocycles. The van der Waals surface area contributed by atoms with E-state index in [2.05, 4.69) is 21.2 Å². The quantitative estimate of drug-likeness (QED) is 0.691. The average Bonchev–Trinajstić information content (AvgIpc) is 2.94. The van der Waals surface area contributed by atoms with Gasteiger partial charge in [-0.2, -0.15) is 0 Å². The summed E-state index contributed by atoms with van der Waals surface area (Å²) in [5.41, 5.74) is 7.71. The van der Waals surface area contributed by atoms with Gasteiger partial charge in [-0.25, -0.2) is 4.98 Å². The maximum Gasteiger partial charge on any atom is 0.235 e. The van der Waals surface area contributed by atoms with Crippen LogP contribution in [0, 0.1) is 0 Å². The third-order valence-electron chi connectivity index (χ3n) is 2.64. The predicted octanol–water partition coefficient (Wildman–Crippen LogP) is 3.20. The smallest absolute Gasteiger partial charge is 0.235 e. The average molecular weight is 385 g/mol. The van der Waals surface area contributed by atoms with Crippen LogP contribution in [0.3, 0.4) is 0 Å². The monoisotopic (exact) mass is 384 g/mol. The van der Waals surface area contributed by atoms with Gasteiger partial charge in [0.25, 0.3) is 0 Å². The number of carbonyl (C=O) groups excluding carboxylic acids is 2. The van der Waals surface area contributed by atoms with Crippen LogP contribution >= 0.6 is 28.3 Å². The van der Waals surface area contributed by atoms with Crippen LogP contribution in [0.2, 0.25) is 0 Å². The maximum atomic E-state index is 11.3. The van der Waals surface area contributed by atoms with Crippen LogP contribution in [0.5, 0.6) is 0 Å². The summed E-state index contributed by atoms with van der Waals surface area (Å²) in [5.74, 6) is -0.194. The molecule has 1 aromatic heterocycles. The van der Waals surface area contributed by atoms with Gasteiger partial charge in [0.2, 0.25) is 16.9 Å². The molecule has 0 saturated carbocycles. The molecule has 118 valence electrons. The van der Waals surface area contributed by atoms with Crippen LogP contribution in [-0.4, -0.2) is 16.8 Å². The number of nitrogens with one attached hydrogen (secondary N) is 3. The lowest BCUT2D eigenvalue weighted by Crippen LogP contribution is -2.26. The van der Waals surface area contributed by atoms with E-state index in [4.69, 9.17) is 0 Å². The highest BCUT2D eigenvalue weighted by atomic mass is 79.9. The fraction of sp³-hybridized carbons (Fsp3) is 0.214. The summed E-state index contributed by atoms with van der Waals surface area (Å²) in [7, 11) is 0. The number of thiazole rings is 1. The van der Waals surface area contributed by atoms with Crippen LogP contribution in [0.1, 0.15) is 20.3 Å². The Labute approximate surface area is 143 Å². The lowest BCUT2D eigenvalue weighted by Gasteiger charge is -2.04. The first-order chi connectivity index (χ1) is 10.1. The molecule has 0 aliphatic rings. The molecule has 0 spiro atoms. The van der Waals surface area contributed by atoms with Gasteiger partial charge < -0.3 is 5.32 Å². The zero-order valence-electron chi connectivity index (χ0n) is 12.2. The number of hydrogen-bond acceptors (Lipinski definition) is 5. The topological polar surface area (TPSA) is 83.1 Å². The zero-order valence-corrected chi connectivity index (χ0v) is 14.7. The highest BCUT2D eigenvalue weighted by molar-refractivity contribution is 8.93. The van der Waals surface area contributed by atoms with E-state index in [1.165, 1.54) is 18.3 Å². The Morgan fingerprint density at radius 1 is 1.23 bits per heavy atom. The summed E-state index contributed by atoms with van der Waals surface area (Å²) in [4.78, 5) is 26.5. The van der Waals surface area contributed by atoms with Gasteiger partial charge in [-0.05, 0) is 12.1 Å². The molecule has 3 N–H and O–H groups in total. The Kier molecular flexibility index (Phi) is 7.00. The maximum absolute atomic E-state index is 11.3. The lowest BCUT2D eigenvalue weighted by atomic mass is 10.1. The van der Waals surface area contributed by atoms with Crippen molar-refractivity contribution >= 4 is 51.0 Å². The second kappa shape index (κ2) is 8.50. The van der Waals surface area contributed by atoms with E-state index in [-0.39, 0.29) is 28.8 Å². The minimum atomic E-state index is -0.178. The van der Waals surface area contributed by atoms with E-state index in [1.807, 2.05) is 36.6 Å². The van der Waals surface area contributed by atoms with Crippen LogP contribution in [0.25, 0.3) is 11.3 Å². The molecule has 0 aliphatic carbocycles. The molecule has 2 rings (SSSR count). The number of anilines is 2. The summed E-state index contributed by atoms with van der Waals surface area (Å²) in [5, 5.41) is 5.30. The Bertz CT molecular complexity index is 643. The number of halogens is 1. The summed E-state index contributed by atoms with van der Waals surface area (Å²) >= 11 is 1.40. The molecule has 0 unspecified atom stereocenters. The van der Waals surface area contributed by atoms with Gasteiger partial charge in [0, 0.05) is 30.0 Å². The van der Waals surface area contributed by atoms with E-state index in [9.17, 15) is 9.59 Å². The van der Waals surface area contributed by atoms with E-state index < -0.39 is 0 Å². The molecule has 1 aromatic carbocycles. The first-order valence-electron chi connectivity index (χ1n) is 6.47. The number of hydrogen-bond donors (Lipinski definition) is 3. The second-order valence-corrected chi connectivity index (χ2v) is 5.18. The fourth-order valence-electron chi connectivity index (χ4n) is 1.58. The third-order valence-corrected chi connectivity index (χ3v) is 3.39. The van der Waals surface area contributed by atoms with Crippen molar-refractivity contribution in [2.75, 3.05) is 10.7 Å². The predicted molar refractivity (Wildman–Crippen MR) is 94.2 cm³/mol. The van der Waals surface area contributed by atoms with E-state index in [0.29, 0.717) is 11.6 Å². The van der Waals surface area contributed by atoms with Crippen molar-refractivity contribution in [2.45, 2.75) is 20.3 Å². The van der Waals surface area contributed by atoms with Crippen molar-refractivity contribution in [1.82, 2.24) is 10.4 Å². The standard InChI is InChI=1S/C14H16N4O2S.BrH/c1-3-13(20)15-11-6-4-10(5-7-11)12-8-21-14(16-12)18-17-9(2)19;/h4-8H,3H2,1-2H3,(H,15,20)(H,16,18)(H,17,19);1H. The van der Waals surface area contributed by atoms with Crippen molar-refractivity contribution in [3.63, 3.8) is 0 Å². The van der Waals surface area contributed by atoms with Gasteiger partial charge >= 0.3 is 0 Å². The van der Waals surface area contributed by atoms with Crippen LogP contribution < -0.4 is 16.2 Å². The Morgan fingerprint density at radius 3 is 2.50 bits per heavy atom. The molecular formula is C14H17BrN4O2S. The van der Waals surface area contributed by atoms with Crippen molar-refractivity contribution in [3.05, 3.63) is 29.6 Å². The Morgan fingerprint density at radius 2 is 1.91 bits per heavy atom. The van der Waals surface area contributed by atoms with Gasteiger partial charge in [0.1, 0.15) is 0 Å². The van der Waals surface area contributed by atoms with Gasteiger partial charge in [-0.1, -0.05) is 19.1 Å². The van der Waals surface area contributed by atoms with E-state index in [0.717, 1.165) is 16.9 Å². The summed E-state index contributed by atoms with van der Waals surface area (Å²) < 4.78 is 0. The first kappa shape index (κ1) is 18.1. The molecule has 0 bridgehead atoms. The summed E-state index contributed by atoms with van der Waals surface area (Å²) in [6, 6.07) is 7.46. The fourth-order valence-corrected chi connectivity index (χ4v) is 2.25. The number of aromatic nitrogens is 1. The number of rotatable bonds is 5. The van der Waals surface area contributed by atoms with E-state index >= 15 is 0 Å². The van der Waals surface area contributed by atoms with Gasteiger partial charge in [0.05, 0.1) is 5.69 Å². The van der Waals surface area contributed by atoms with E-state index in [1.54, 1.807) is 0 Å². The molecule has 6 nitrogen and oxygen atoms in total. The highest BCUT2D eigenvalue weighted by Gasteiger charge is 2.05. The number of carbonyl (C=O) groups is 2. The molecule has 2 amide bonds. The SMILES string of the molecule is Br.CCC(=O)Nc1ccc(-c2csc(NNC(C)=O)n2)cc1. The first-order valence-corrected chi connectivity index (χ1v) is 7.35. The number of amides is 2. The molecule has 0 radical (unpaired) electrons. The van der Waals surface area contributed by atoms with Crippen LogP contribution in [0.15, 0.2) is 29.6 Å². The number of hydrazine groups is 1. The minimum Gasteiger partial charge on any atom is -0.326 e. The molecular weight excluding hydrogens is 368 g/mol. The number of benzene rings is 1. The summed E-state index contributed by atoms with van der Waals surface area (Å²) in [6.07, 6.45) is 0.450. The lowest BCUT2D eigenvalue weighted by molar-refractivity contribution is -0.118. The normalized spacial score (nSPS) is 9.55. The number of nitrogens with zero attached hydrogens (tertiary/aromatic N) is 1. The molecule has 0 atom stereocenters. The van der Waals surface area contributed by atoms with Gasteiger partial charge in [-0.3, -0.25) is 20.4 Å². The van der Waals surface area contributed by atoms with Gasteiger partial charge in [-0.15, -0.1) is 28.3 Å². The van der Waals surface area contributed by atoms with Crippen molar-refractivity contribution in [2.24, 2.45) is 0 Å². The molecule has 8 heteroatoms. The molecule has 1 heterocycles. The molecule has 22 heavy (non-hydrogen) atoms. The second-order valence-electron chi connectivity index (χ2n) is 4.32. The third kappa shape index (κ3) is 5.12. The Balaban J connectivity index is 0.00000242. The van der Waals surface area contributed by atoms with Gasteiger partial charge in [0.15, 0.2) is 0 Å². The molecule has 0 saturated heterocycles. The van der Waals surface area contributed by atoms with Crippen LogP contribution in [-0.2, 0) is 9.59 Å². The molecule has 2 aromatic rings. The molecule has 0 fully saturated rings. The Hall–Kier alpha value is -1.93. The minimum absolute atomic E-state index is 0. The zero-order chi connectivity index (χ0) is 15.2. The highest BCUT2D eigenvalue weighted by Crippen LogP contribution is 2.25. The summed E-state index contributed by atoms with van der Waals surface area (Å²) in [6.45, 7) is 3.23. The van der Waals surface area contributed by atoms with Crippen molar-refractivity contribution in [1.29, 1.82) is 0 Å². The van der Waals surface area contributed by atoms with Crippen LogP contribution in [0.4, 0.5) is 10.8 Å². The van der Waals surface area contributed by atoms with Crippen molar-refractivity contribution < 1.29 is 9.59 Å². The van der Waals surface area contributed by atoms with Crippen molar-refractivity contribution in [3.8, 4) is 11.3 Å².